The standard InChI is InChI=1S/C29H21ClN4O2/c30-24-11-15-26(16-12-24)33-28(21-7-3-1-4-8-21)19-23(29(33)22-9-5-2-6-10-22)20-31-32-25-13-17-27(18-14-25)34(35)36/h1-20,32H/b31-20-. The van der Waals surface area contributed by atoms with E-state index in [4.69, 9.17) is 11.6 Å². The molecule has 0 aliphatic heterocycles. The molecule has 0 aliphatic carbocycles. The van der Waals surface area contributed by atoms with E-state index in [1.165, 1.54) is 12.1 Å². The van der Waals surface area contributed by atoms with Crippen molar-refractivity contribution in [2.75, 3.05) is 5.43 Å². The molecular formula is C29H21ClN4O2. The van der Waals surface area contributed by atoms with Crippen LogP contribution in [0.1, 0.15) is 5.56 Å². The minimum atomic E-state index is -0.427. The second kappa shape index (κ2) is 10.3. The number of hydrazone groups is 1. The summed E-state index contributed by atoms with van der Waals surface area (Å²) < 4.78 is 2.20. The number of anilines is 1. The summed E-state index contributed by atoms with van der Waals surface area (Å²) in [5.41, 5.74) is 9.62. The Kier molecular flexibility index (Phi) is 6.60. The van der Waals surface area contributed by atoms with Crippen LogP contribution in [0.5, 0.6) is 0 Å². The lowest BCUT2D eigenvalue weighted by atomic mass is 10.1. The number of nitro groups is 1. The molecular weight excluding hydrogens is 472 g/mol. The third-order valence-electron chi connectivity index (χ3n) is 5.71. The van der Waals surface area contributed by atoms with Crippen LogP contribution in [-0.2, 0) is 0 Å². The van der Waals surface area contributed by atoms with Crippen molar-refractivity contribution in [2.24, 2.45) is 5.10 Å². The van der Waals surface area contributed by atoms with Gasteiger partial charge in [0.25, 0.3) is 5.69 Å². The lowest BCUT2D eigenvalue weighted by Crippen LogP contribution is -2.00. The summed E-state index contributed by atoms with van der Waals surface area (Å²) in [6.07, 6.45) is 1.77. The molecule has 0 saturated heterocycles. The number of benzene rings is 4. The van der Waals surface area contributed by atoms with E-state index in [0.29, 0.717) is 10.7 Å². The fourth-order valence-corrected chi connectivity index (χ4v) is 4.16. The number of nitrogens with zero attached hydrogens (tertiary/aromatic N) is 3. The molecule has 0 atom stereocenters. The fraction of sp³-hybridized carbons (Fsp3) is 0. The molecule has 176 valence electrons. The largest absolute Gasteiger partial charge is 0.309 e. The summed E-state index contributed by atoms with van der Waals surface area (Å²) in [5, 5.41) is 16.0. The van der Waals surface area contributed by atoms with E-state index in [2.05, 4.69) is 45.4 Å². The molecule has 0 radical (unpaired) electrons. The van der Waals surface area contributed by atoms with Gasteiger partial charge in [0.15, 0.2) is 0 Å². The molecule has 4 aromatic carbocycles. The molecule has 0 spiro atoms. The second-order valence-electron chi connectivity index (χ2n) is 8.05. The monoisotopic (exact) mass is 492 g/mol. The van der Waals surface area contributed by atoms with Gasteiger partial charge in [0.1, 0.15) is 0 Å². The lowest BCUT2D eigenvalue weighted by molar-refractivity contribution is -0.384. The van der Waals surface area contributed by atoms with Gasteiger partial charge in [-0.15, -0.1) is 0 Å². The number of nitro benzene ring substituents is 1. The third kappa shape index (κ3) is 4.89. The number of aromatic nitrogens is 1. The zero-order chi connectivity index (χ0) is 24.9. The molecule has 0 bridgehead atoms. The Morgan fingerprint density at radius 3 is 2.03 bits per heavy atom. The highest BCUT2D eigenvalue weighted by Crippen LogP contribution is 2.35. The molecule has 36 heavy (non-hydrogen) atoms. The molecule has 0 saturated carbocycles. The summed E-state index contributed by atoms with van der Waals surface area (Å²) >= 11 is 6.20. The van der Waals surface area contributed by atoms with Gasteiger partial charge in [0.05, 0.1) is 28.2 Å². The molecule has 5 rings (SSSR count). The van der Waals surface area contributed by atoms with Crippen molar-refractivity contribution >= 4 is 29.2 Å². The Morgan fingerprint density at radius 1 is 0.806 bits per heavy atom. The van der Waals surface area contributed by atoms with Gasteiger partial charge in [0, 0.05) is 28.4 Å². The summed E-state index contributed by atoms with van der Waals surface area (Å²) in [7, 11) is 0. The Balaban J connectivity index is 1.63. The predicted molar refractivity (Wildman–Crippen MR) is 146 cm³/mol. The number of hydrogen-bond donors (Lipinski definition) is 1. The van der Waals surface area contributed by atoms with Gasteiger partial charge in [-0.1, -0.05) is 72.3 Å². The maximum atomic E-state index is 10.9. The smallest absolute Gasteiger partial charge is 0.269 e. The Bertz CT molecular complexity index is 1510. The van der Waals surface area contributed by atoms with Crippen LogP contribution >= 0.6 is 11.6 Å². The van der Waals surface area contributed by atoms with Crippen molar-refractivity contribution in [3.8, 4) is 28.2 Å². The average molecular weight is 493 g/mol. The van der Waals surface area contributed by atoms with E-state index in [0.717, 1.165) is 33.8 Å². The molecule has 1 heterocycles. The Hall–Kier alpha value is -4.68. The number of rotatable bonds is 7. The zero-order valence-corrected chi connectivity index (χ0v) is 19.8. The first-order valence-corrected chi connectivity index (χ1v) is 11.6. The van der Waals surface area contributed by atoms with Crippen LogP contribution in [0.25, 0.3) is 28.2 Å². The Labute approximate surface area is 213 Å². The van der Waals surface area contributed by atoms with Crippen molar-refractivity contribution in [3.63, 3.8) is 0 Å². The van der Waals surface area contributed by atoms with E-state index in [1.54, 1.807) is 18.3 Å². The fourth-order valence-electron chi connectivity index (χ4n) is 4.03. The van der Waals surface area contributed by atoms with Crippen molar-refractivity contribution in [3.05, 3.63) is 136 Å². The molecule has 1 N–H and O–H groups in total. The molecule has 5 aromatic rings. The van der Waals surface area contributed by atoms with Crippen LogP contribution < -0.4 is 5.43 Å². The van der Waals surface area contributed by atoms with E-state index >= 15 is 0 Å². The van der Waals surface area contributed by atoms with E-state index in [-0.39, 0.29) is 5.69 Å². The van der Waals surface area contributed by atoms with Crippen LogP contribution in [0.15, 0.2) is 120 Å². The van der Waals surface area contributed by atoms with Gasteiger partial charge in [-0.05, 0) is 53.6 Å². The summed E-state index contributed by atoms with van der Waals surface area (Å²) in [6, 6.07) is 36.3. The first-order chi connectivity index (χ1) is 17.6. The van der Waals surface area contributed by atoms with Crippen LogP contribution in [0.2, 0.25) is 5.02 Å². The highest BCUT2D eigenvalue weighted by molar-refractivity contribution is 6.30. The summed E-state index contributed by atoms with van der Waals surface area (Å²) in [6.45, 7) is 0. The first-order valence-electron chi connectivity index (χ1n) is 11.3. The van der Waals surface area contributed by atoms with Crippen LogP contribution in [0.3, 0.4) is 0 Å². The van der Waals surface area contributed by atoms with E-state index in [1.807, 2.05) is 60.7 Å². The summed E-state index contributed by atoms with van der Waals surface area (Å²) in [5.74, 6) is 0. The predicted octanol–water partition coefficient (Wildman–Crippen LogP) is 7.82. The highest BCUT2D eigenvalue weighted by Gasteiger charge is 2.18. The van der Waals surface area contributed by atoms with E-state index in [9.17, 15) is 10.1 Å². The highest BCUT2D eigenvalue weighted by atomic mass is 35.5. The second-order valence-corrected chi connectivity index (χ2v) is 8.49. The van der Waals surface area contributed by atoms with Gasteiger partial charge < -0.3 is 4.57 Å². The van der Waals surface area contributed by atoms with Gasteiger partial charge in [-0.3, -0.25) is 15.5 Å². The third-order valence-corrected chi connectivity index (χ3v) is 5.96. The van der Waals surface area contributed by atoms with Gasteiger partial charge >= 0.3 is 0 Å². The average Bonchev–Trinajstić information content (AvgIpc) is 3.30. The number of nitrogens with one attached hydrogen (secondary N) is 1. The molecule has 0 amide bonds. The number of non-ortho nitro benzene ring substituents is 1. The SMILES string of the molecule is O=[N+]([O-])c1ccc(N/N=C\c2cc(-c3ccccc3)n(-c3ccc(Cl)cc3)c2-c2ccccc2)cc1. The molecule has 7 heteroatoms. The van der Waals surface area contributed by atoms with Gasteiger partial charge in [0.2, 0.25) is 0 Å². The zero-order valence-electron chi connectivity index (χ0n) is 19.1. The molecule has 0 unspecified atom stereocenters. The number of hydrogen-bond acceptors (Lipinski definition) is 4. The van der Waals surface area contributed by atoms with Crippen LogP contribution in [0, 0.1) is 10.1 Å². The minimum Gasteiger partial charge on any atom is -0.309 e. The summed E-state index contributed by atoms with van der Waals surface area (Å²) in [4.78, 5) is 10.5. The van der Waals surface area contributed by atoms with Crippen LogP contribution in [-0.4, -0.2) is 15.7 Å². The van der Waals surface area contributed by atoms with Crippen LogP contribution in [0.4, 0.5) is 11.4 Å². The minimum absolute atomic E-state index is 0.0310. The normalized spacial score (nSPS) is 11.0. The topological polar surface area (TPSA) is 72.5 Å². The number of halogens is 1. The van der Waals surface area contributed by atoms with E-state index < -0.39 is 4.92 Å². The van der Waals surface area contributed by atoms with Crippen molar-refractivity contribution in [1.82, 2.24) is 4.57 Å². The molecule has 6 nitrogen and oxygen atoms in total. The molecule has 0 aliphatic rings. The maximum Gasteiger partial charge on any atom is 0.269 e. The molecule has 1 aromatic heterocycles. The van der Waals surface area contributed by atoms with Gasteiger partial charge in [-0.2, -0.15) is 5.10 Å². The van der Waals surface area contributed by atoms with Crippen molar-refractivity contribution in [2.45, 2.75) is 0 Å². The van der Waals surface area contributed by atoms with Crippen molar-refractivity contribution in [1.29, 1.82) is 0 Å². The van der Waals surface area contributed by atoms with Crippen molar-refractivity contribution < 1.29 is 4.92 Å². The lowest BCUT2D eigenvalue weighted by Gasteiger charge is -2.15. The maximum absolute atomic E-state index is 10.9. The quantitative estimate of drug-likeness (QED) is 0.143. The van der Waals surface area contributed by atoms with Gasteiger partial charge in [-0.25, -0.2) is 0 Å². The molecule has 0 fully saturated rings. The Morgan fingerprint density at radius 2 is 1.42 bits per heavy atom. The first kappa shape index (κ1) is 23.1.